The minimum absolute atomic E-state index is 0.281. The zero-order valence-electron chi connectivity index (χ0n) is 6.30. The summed E-state index contributed by atoms with van der Waals surface area (Å²) in [7, 11) is 0. The molecule has 0 aliphatic heterocycles. The second-order valence-corrected chi connectivity index (χ2v) is 2.45. The molecule has 1 heteroatoms. The second-order valence-electron chi connectivity index (χ2n) is 2.45. The van der Waals surface area contributed by atoms with Gasteiger partial charge in [0.15, 0.2) is 0 Å². The molecule has 0 saturated heterocycles. The van der Waals surface area contributed by atoms with Crippen molar-refractivity contribution in [1.29, 1.82) is 0 Å². The topological polar surface area (TPSA) is 20.2 Å². The van der Waals surface area contributed by atoms with Crippen LogP contribution in [-0.4, -0.2) is 11.7 Å². The maximum Gasteiger partial charge on any atom is 0.0464 e. The lowest BCUT2D eigenvalue weighted by atomic mass is 9.93. The molecule has 0 unspecified atom stereocenters. The fourth-order valence-corrected chi connectivity index (χ4v) is 0.860. The monoisotopic (exact) mass is 128 g/mol. The Labute approximate surface area is 57.4 Å². The van der Waals surface area contributed by atoms with Gasteiger partial charge in [0.05, 0.1) is 0 Å². The average molecular weight is 128 g/mol. The Hall–Kier alpha value is -0.300. The van der Waals surface area contributed by atoms with Crippen molar-refractivity contribution in [3.8, 4) is 0 Å². The lowest BCUT2D eigenvalue weighted by Crippen LogP contribution is -2.12. The summed E-state index contributed by atoms with van der Waals surface area (Å²) in [5.74, 6) is 0.850. The largest absolute Gasteiger partial charge is 0.396 e. The van der Waals surface area contributed by atoms with E-state index in [1.807, 2.05) is 6.08 Å². The molecule has 2 atom stereocenters. The third-order valence-electron chi connectivity index (χ3n) is 1.87. The Kier molecular flexibility index (Phi) is 4.41. The van der Waals surface area contributed by atoms with Gasteiger partial charge in [-0.2, -0.15) is 0 Å². The summed E-state index contributed by atoms with van der Waals surface area (Å²) in [6.45, 7) is 8.11. The standard InChI is InChI=1S/C8H16O/c1-4-7(3)8(5-2)6-9/h4,7-9H,1,5-6H2,2-3H3/t7-,8+/m1/s1. The van der Waals surface area contributed by atoms with Crippen LogP contribution in [0.25, 0.3) is 0 Å². The lowest BCUT2D eigenvalue weighted by molar-refractivity contribution is 0.196. The van der Waals surface area contributed by atoms with Crippen LogP contribution in [0.2, 0.25) is 0 Å². The molecule has 9 heavy (non-hydrogen) atoms. The molecule has 0 bridgehead atoms. The molecule has 0 aromatic rings. The smallest absolute Gasteiger partial charge is 0.0464 e. The molecule has 54 valence electrons. The third-order valence-corrected chi connectivity index (χ3v) is 1.87. The first-order valence-corrected chi connectivity index (χ1v) is 3.49. The average Bonchev–Trinajstić information content (AvgIpc) is 1.90. The molecular weight excluding hydrogens is 112 g/mol. The minimum atomic E-state index is 0.281. The number of allylic oxidation sites excluding steroid dienone is 1. The van der Waals surface area contributed by atoms with Crippen molar-refractivity contribution in [3.05, 3.63) is 12.7 Å². The van der Waals surface area contributed by atoms with Crippen LogP contribution in [0.4, 0.5) is 0 Å². The van der Waals surface area contributed by atoms with Crippen molar-refractivity contribution in [2.45, 2.75) is 20.3 Å². The molecule has 0 rings (SSSR count). The van der Waals surface area contributed by atoms with Crippen LogP contribution >= 0.6 is 0 Å². The highest BCUT2D eigenvalue weighted by Crippen LogP contribution is 2.14. The molecule has 0 aromatic carbocycles. The number of aliphatic hydroxyl groups excluding tert-OH is 1. The summed E-state index contributed by atoms with van der Waals surface area (Å²) >= 11 is 0. The molecule has 0 amide bonds. The van der Waals surface area contributed by atoms with Crippen molar-refractivity contribution < 1.29 is 5.11 Å². The van der Waals surface area contributed by atoms with Gasteiger partial charge in [0.2, 0.25) is 0 Å². The summed E-state index contributed by atoms with van der Waals surface area (Å²) in [5, 5.41) is 8.78. The summed E-state index contributed by atoms with van der Waals surface area (Å²) in [4.78, 5) is 0. The summed E-state index contributed by atoms with van der Waals surface area (Å²) in [6, 6.07) is 0. The van der Waals surface area contributed by atoms with Gasteiger partial charge in [-0.05, 0) is 11.8 Å². The summed E-state index contributed by atoms with van der Waals surface area (Å²) in [6.07, 6.45) is 2.92. The van der Waals surface area contributed by atoms with E-state index in [2.05, 4.69) is 20.4 Å². The van der Waals surface area contributed by atoms with Crippen LogP contribution in [0.15, 0.2) is 12.7 Å². The molecule has 0 fully saturated rings. The second kappa shape index (κ2) is 4.57. The summed E-state index contributed by atoms with van der Waals surface area (Å²) in [5.41, 5.74) is 0. The Morgan fingerprint density at radius 3 is 2.33 bits per heavy atom. The van der Waals surface area contributed by atoms with Crippen LogP contribution in [0.3, 0.4) is 0 Å². The summed E-state index contributed by atoms with van der Waals surface area (Å²) < 4.78 is 0. The molecule has 1 N–H and O–H groups in total. The van der Waals surface area contributed by atoms with Crippen molar-refractivity contribution in [2.75, 3.05) is 6.61 Å². The zero-order valence-corrected chi connectivity index (χ0v) is 6.30. The number of hydrogen-bond acceptors (Lipinski definition) is 1. The van der Waals surface area contributed by atoms with E-state index in [1.54, 1.807) is 0 Å². The minimum Gasteiger partial charge on any atom is -0.396 e. The van der Waals surface area contributed by atoms with Crippen molar-refractivity contribution in [1.82, 2.24) is 0 Å². The van der Waals surface area contributed by atoms with Crippen LogP contribution in [0.1, 0.15) is 20.3 Å². The fourth-order valence-electron chi connectivity index (χ4n) is 0.860. The molecule has 0 heterocycles. The molecule has 0 saturated carbocycles. The van der Waals surface area contributed by atoms with Crippen LogP contribution in [-0.2, 0) is 0 Å². The zero-order chi connectivity index (χ0) is 7.28. The highest BCUT2D eigenvalue weighted by atomic mass is 16.3. The maximum atomic E-state index is 8.78. The van der Waals surface area contributed by atoms with E-state index in [4.69, 9.17) is 5.11 Å². The molecule has 1 nitrogen and oxygen atoms in total. The van der Waals surface area contributed by atoms with E-state index in [-0.39, 0.29) is 6.61 Å². The van der Waals surface area contributed by atoms with Gasteiger partial charge >= 0.3 is 0 Å². The van der Waals surface area contributed by atoms with Gasteiger partial charge in [-0.1, -0.05) is 26.3 Å². The molecular formula is C8H16O. The van der Waals surface area contributed by atoms with Gasteiger partial charge in [0, 0.05) is 6.61 Å². The number of rotatable bonds is 4. The Morgan fingerprint density at radius 1 is 1.67 bits per heavy atom. The highest BCUT2D eigenvalue weighted by Gasteiger charge is 2.09. The molecule has 0 radical (unpaired) electrons. The molecule has 0 aromatic heterocycles. The van der Waals surface area contributed by atoms with E-state index >= 15 is 0 Å². The van der Waals surface area contributed by atoms with E-state index in [9.17, 15) is 0 Å². The van der Waals surface area contributed by atoms with Gasteiger partial charge in [-0.25, -0.2) is 0 Å². The first-order chi connectivity index (χ1) is 4.26. The molecule has 0 spiro atoms. The van der Waals surface area contributed by atoms with Gasteiger partial charge in [0.25, 0.3) is 0 Å². The van der Waals surface area contributed by atoms with E-state index in [0.717, 1.165) is 6.42 Å². The lowest BCUT2D eigenvalue weighted by Gasteiger charge is -2.15. The van der Waals surface area contributed by atoms with E-state index in [1.165, 1.54) is 0 Å². The number of aliphatic hydroxyl groups is 1. The van der Waals surface area contributed by atoms with Crippen molar-refractivity contribution in [2.24, 2.45) is 11.8 Å². The Balaban J connectivity index is 3.63. The first-order valence-electron chi connectivity index (χ1n) is 3.49. The van der Waals surface area contributed by atoms with Gasteiger partial charge in [0.1, 0.15) is 0 Å². The maximum absolute atomic E-state index is 8.78. The van der Waals surface area contributed by atoms with Crippen LogP contribution in [0, 0.1) is 11.8 Å². The Bertz CT molecular complexity index is 74.6. The number of hydrogen-bond donors (Lipinski definition) is 1. The fraction of sp³-hybridized carbons (Fsp3) is 0.750. The van der Waals surface area contributed by atoms with E-state index < -0.39 is 0 Å². The Morgan fingerprint density at radius 2 is 2.22 bits per heavy atom. The van der Waals surface area contributed by atoms with Crippen LogP contribution in [0.5, 0.6) is 0 Å². The SMILES string of the molecule is C=C[C@@H](C)[C@@H](CC)CO. The van der Waals surface area contributed by atoms with E-state index in [0.29, 0.717) is 11.8 Å². The van der Waals surface area contributed by atoms with Crippen LogP contribution < -0.4 is 0 Å². The third kappa shape index (κ3) is 2.66. The predicted octanol–water partition coefficient (Wildman–Crippen LogP) is 1.83. The van der Waals surface area contributed by atoms with Gasteiger partial charge in [-0.15, -0.1) is 6.58 Å². The molecule has 0 aliphatic rings. The van der Waals surface area contributed by atoms with Gasteiger partial charge in [-0.3, -0.25) is 0 Å². The van der Waals surface area contributed by atoms with Gasteiger partial charge < -0.3 is 5.11 Å². The van der Waals surface area contributed by atoms with Crippen molar-refractivity contribution in [3.63, 3.8) is 0 Å². The van der Waals surface area contributed by atoms with Crippen molar-refractivity contribution >= 4 is 0 Å². The molecule has 0 aliphatic carbocycles. The predicted molar refractivity (Wildman–Crippen MR) is 40.2 cm³/mol. The highest BCUT2D eigenvalue weighted by molar-refractivity contribution is 4.80. The normalized spacial score (nSPS) is 16.8. The quantitative estimate of drug-likeness (QED) is 0.573. The first kappa shape index (κ1) is 8.70.